The molecule has 0 radical (unpaired) electrons. The highest BCUT2D eigenvalue weighted by Crippen LogP contribution is 2.11. The normalized spacial score (nSPS) is 14.4. The van der Waals surface area contributed by atoms with E-state index >= 15 is 0 Å². The number of nitrogens with one attached hydrogen (secondary N) is 1. The lowest BCUT2D eigenvalue weighted by atomic mass is 10.2. The average molecular weight is 271 g/mol. The van der Waals surface area contributed by atoms with Gasteiger partial charge in [0.05, 0.1) is 10.9 Å². The van der Waals surface area contributed by atoms with Gasteiger partial charge in [0.25, 0.3) is 0 Å². The van der Waals surface area contributed by atoms with Crippen molar-refractivity contribution in [2.45, 2.75) is 31.2 Å². The van der Waals surface area contributed by atoms with Crippen LogP contribution in [0.25, 0.3) is 0 Å². The number of benzene rings is 1. The van der Waals surface area contributed by atoms with E-state index in [1.165, 1.54) is 12.1 Å². The van der Waals surface area contributed by atoms with E-state index in [1.54, 1.807) is 19.1 Å². The summed E-state index contributed by atoms with van der Waals surface area (Å²) in [5.74, 6) is -0.159. The molecule has 0 amide bonds. The molecule has 1 unspecified atom stereocenters. The number of oxime groups is 1. The van der Waals surface area contributed by atoms with Gasteiger partial charge in [-0.3, -0.25) is 0 Å². The minimum absolute atomic E-state index is 0.150. The van der Waals surface area contributed by atoms with Crippen molar-refractivity contribution in [3.8, 4) is 0 Å². The van der Waals surface area contributed by atoms with Crippen molar-refractivity contribution in [3.05, 3.63) is 29.8 Å². The summed E-state index contributed by atoms with van der Waals surface area (Å²) in [5.41, 5.74) is 6.38. The van der Waals surface area contributed by atoms with Crippen LogP contribution in [-0.2, 0) is 10.0 Å². The number of hydrogen-bond donors (Lipinski definition) is 3. The first-order chi connectivity index (χ1) is 8.40. The minimum atomic E-state index is -3.67. The van der Waals surface area contributed by atoms with Crippen LogP contribution in [0.15, 0.2) is 34.3 Å². The van der Waals surface area contributed by atoms with Crippen LogP contribution in [0.2, 0.25) is 0 Å². The van der Waals surface area contributed by atoms with Gasteiger partial charge in [-0.1, -0.05) is 29.8 Å². The van der Waals surface area contributed by atoms with Crippen molar-refractivity contribution in [1.29, 1.82) is 0 Å². The van der Waals surface area contributed by atoms with Gasteiger partial charge in [-0.25, -0.2) is 13.1 Å². The molecule has 0 aliphatic carbocycles. The number of sulfonamides is 1. The molecule has 18 heavy (non-hydrogen) atoms. The fraction of sp³-hybridized carbons (Fsp3) is 0.364. The minimum Gasteiger partial charge on any atom is -0.409 e. The molecule has 0 aromatic heterocycles. The predicted molar refractivity (Wildman–Crippen MR) is 69.0 cm³/mol. The molecule has 1 rings (SSSR count). The largest absolute Gasteiger partial charge is 0.409 e. The number of hydrogen-bond acceptors (Lipinski definition) is 4. The SMILES string of the molecule is CCC(NS(=O)(=O)c1ccc(C)cc1)/C(N)=N/O. The van der Waals surface area contributed by atoms with Crippen LogP contribution in [0.4, 0.5) is 0 Å². The molecule has 0 saturated heterocycles. The van der Waals surface area contributed by atoms with Gasteiger partial charge in [0.15, 0.2) is 5.84 Å². The standard InChI is InChI=1S/C11H17N3O3S/c1-3-10(11(12)13-15)14-18(16,17)9-6-4-8(2)5-7-9/h4-7,10,14-15H,3H2,1-2H3,(H2,12,13). The summed E-state index contributed by atoms with van der Waals surface area (Å²) >= 11 is 0. The van der Waals surface area contributed by atoms with E-state index in [4.69, 9.17) is 10.9 Å². The summed E-state index contributed by atoms with van der Waals surface area (Å²) in [6.07, 6.45) is 0.390. The third-order valence-corrected chi connectivity index (χ3v) is 4.00. The third-order valence-electron chi connectivity index (χ3n) is 2.51. The van der Waals surface area contributed by atoms with Crippen LogP contribution in [-0.4, -0.2) is 25.5 Å². The molecule has 0 bridgehead atoms. The smallest absolute Gasteiger partial charge is 0.241 e. The summed E-state index contributed by atoms with van der Waals surface area (Å²) in [7, 11) is -3.67. The molecule has 0 heterocycles. The first-order valence-corrected chi connectivity index (χ1v) is 6.95. The molecule has 0 fully saturated rings. The van der Waals surface area contributed by atoms with E-state index in [1.807, 2.05) is 6.92 Å². The Labute approximate surface area is 107 Å². The zero-order chi connectivity index (χ0) is 13.8. The molecule has 0 aliphatic heterocycles. The second-order valence-electron chi connectivity index (χ2n) is 3.92. The average Bonchev–Trinajstić information content (AvgIpc) is 2.35. The van der Waals surface area contributed by atoms with Crippen LogP contribution in [0, 0.1) is 6.92 Å². The zero-order valence-corrected chi connectivity index (χ0v) is 11.1. The Balaban J connectivity index is 2.97. The summed E-state index contributed by atoms with van der Waals surface area (Å²) < 4.78 is 26.4. The first-order valence-electron chi connectivity index (χ1n) is 5.47. The Morgan fingerprint density at radius 2 is 2.00 bits per heavy atom. The van der Waals surface area contributed by atoms with Crippen LogP contribution < -0.4 is 10.5 Å². The molecule has 4 N–H and O–H groups in total. The van der Waals surface area contributed by atoms with Gasteiger partial charge >= 0.3 is 0 Å². The van der Waals surface area contributed by atoms with Gasteiger partial charge < -0.3 is 10.9 Å². The zero-order valence-electron chi connectivity index (χ0n) is 10.3. The Bertz CT molecular complexity index is 523. The Kier molecular flexibility index (Phi) is 4.69. The van der Waals surface area contributed by atoms with Crippen LogP contribution in [0.3, 0.4) is 0 Å². The quantitative estimate of drug-likeness (QED) is 0.319. The molecule has 6 nitrogen and oxygen atoms in total. The summed E-state index contributed by atoms with van der Waals surface area (Å²) in [5, 5.41) is 11.4. The summed E-state index contributed by atoms with van der Waals surface area (Å²) in [4.78, 5) is 0.150. The summed E-state index contributed by atoms with van der Waals surface area (Å²) in [6, 6.07) is 5.71. The highest BCUT2D eigenvalue weighted by atomic mass is 32.2. The van der Waals surface area contributed by atoms with Crippen molar-refractivity contribution in [2.24, 2.45) is 10.9 Å². The maximum absolute atomic E-state index is 12.0. The number of nitrogens with zero attached hydrogens (tertiary/aromatic N) is 1. The van der Waals surface area contributed by atoms with Gasteiger partial charge in [0.2, 0.25) is 10.0 Å². The van der Waals surface area contributed by atoms with E-state index in [2.05, 4.69) is 9.88 Å². The molecule has 1 atom stereocenters. The molecule has 1 aromatic carbocycles. The predicted octanol–water partition coefficient (Wildman–Crippen LogP) is 0.798. The van der Waals surface area contributed by atoms with Crippen molar-refractivity contribution in [3.63, 3.8) is 0 Å². The lowest BCUT2D eigenvalue weighted by Gasteiger charge is -2.15. The summed E-state index contributed by atoms with van der Waals surface area (Å²) in [6.45, 7) is 3.61. The molecule has 0 aliphatic rings. The molecule has 0 saturated carbocycles. The van der Waals surface area contributed by atoms with Crippen LogP contribution in [0.1, 0.15) is 18.9 Å². The molecule has 0 spiro atoms. The van der Waals surface area contributed by atoms with Gasteiger partial charge in [0, 0.05) is 0 Å². The monoisotopic (exact) mass is 271 g/mol. The topological polar surface area (TPSA) is 105 Å². The van der Waals surface area contributed by atoms with Crippen molar-refractivity contribution < 1.29 is 13.6 Å². The molecule has 7 heteroatoms. The number of amidine groups is 1. The van der Waals surface area contributed by atoms with E-state index in [0.29, 0.717) is 6.42 Å². The fourth-order valence-corrected chi connectivity index (χ4v) is 2.69. The van der Waals surface area contributed by atoms with Gasteiger partial charge in [0.1, 0.15) is 0 Å². The van der Waals surface area contributed by atoms with Gasteiger partial charge in [-0.15, -0.1) is 0 Å². The van der Waals surface area contributed by atoms with E-state index in [-0.39, 0.29) is 10.7 Å². The van der Waals surface area contributed by atoms with Gasteiger partial charge in [-0.2, -0.15) is 0 Å². The Morgan fingerprint density at radius 3 is 2.44 bits per heavy atom. The van der Waals surface area contributed by atoms with Crippen LogP contribution in [0.5, 0.6) is 0 Å². The van der Waals surface area contributed by atoms with Crippen LogP contribution >= 0.6 is 0 Å². The Hall–Kier alpha value is -1.60. The number of rotatable bonds is 5. The Morgan fingerprint density at radius 1 is 1.44 bits per heavy atom. The third kappa shape index (κ3) is 3.44. The lowest BCUT2D eigenvalue weighted by molar-refractivity contribution is 0.315. The molecule has 1 aromatic rings. The second-order valence-corrected chi connectivity index (χ2v) is 5.63. The van der Waals surface area contributed by atoms with E-state index in [9.17, 15) is 8.42 Å². The molecular formula is C11H17N3O3S. The fourth-order valence-electron chi connectivity index (χ4n) is 1.40. The van der Waals surface area contributed by atoms with Crippen molar-refractivity contribution >= 4 is 15.9 Å². The number of aryl methyl sites for hydroxylation is 1. The van der Waals surface area contributed by atoms with Crippen molar-refractivity contribution in [2.75, 3.05) is 0 Å². The molecule has 100 valence electrons. The highest BCUT2D eigenvalue weighted by molar-refractivity contribution is 7.89. The highest BCUT2D eigenvalue weighted by Gasteiger charge is 2.21. The van der Waals surface area contributed by atoms with Crippen molar-refractivity contribution in [1.82, 2.24) is 4.72 Å². The molecular weight excluding hydrogens is 254 g/mol. The first kappa shape index (κ1) is 14.5. The maximum Gasteiger partial charge on any atom is 0.241 e. The van der Waals surface area contributed by atoms with E-state index in [0.717, 1.165) is 5.56 Å². The number of nitrogens with two attached hydrogens (primary N) is 1. The lowest BCUT2D eigenvalue weighted by Crippen LogP contribution is -2.44. The maximum atomic E-state index is 12.0. The van der Waals surface area contributed by atoms with E-state index < -0.39 is 16.1 Å². The second kappa shape index (κ2) is 5.83. The van der Waals surface area contributed by atoms with Gasteiger partial charge in [-0.05, 0) is 25.5 Å².